The first-order chi connectivity index (χ1) is 4.09. The molecule has 1 N–H and O–H groups in total. The Morgan fingerprint density at radius 3 is 2.11 bits per heavy atom. The number of carbonyl (C=O) groups is 1. The number of halogens is 3. The lowest BCUT2D eigenvalue weighted by atomic mass is 10.6. The molecule has 0 heterocycles. The van der Waals surface area contributed by atoms with Crippen LogP contribution in [0, 0.1) is 0 Å². The molecule has 0 bridgehead atoms. The van der Waals surface area contributed by atoms with Gasteiger partial charge in [0.25, 0.3) is 5.91 Å². The molecule has 0 fully saturated rings. The molecule has 1 amide bonds. The van der Waals surface area contributed by atoms with E-state index in [9.17, 15) is 4.79 Å². The molecule has 52 valence electrons. The minimum atomic E-state index is -0.144. The van der Waals surface area contributed by atoms with Crippen LogP contribution in [-0.4, -0.2) is 13.0 Å². The summed E-state index contributed by atoms with van der Waals surface area (Å²) >= 11 is 9.27. The van der Waals surface area contributed by atoms with Crippen molar-refractivity contribution in [2.24, 2.45) is 0 Å². The molecule has 9 heavy (non-hydrogen) atoms. The molecule has 0 aliphatic rings. The predicted octanol–water partition coefficient (Wildman–Crippen LogP) is 2.01. The van der Waals surface area contributed by atoms with E-state index in [-0.39, 0.29) is 5.91 Å². The molecule has 0 aromatic heterocycles. The summed E-state index contributed by atoms with van der Waals surface area (Å²) in [4.78, 5) is 10.7. The van der Waals surface area contributed by atoms with Crippen LogP contribution in [0.2, 0.25) is 0 Å². The summed E-state index contributed by atoms with van der Waals surface area (Å²) in [6.45, 7) is 0. The van der Waals surface area contributed by atoms with E-state index in [1.54, 1.807) is 7.05 Å². The normalized spacial score (nSPS) is 12.4. The van der Waals surface area contributed by atoms with Gasteiger partial charge in [-0.15, -0.1) is 0 Å². The van der Waals surface area contributed by atoms with Gasteiger partial charge in [-0.2, -0.15) is 0 Å². The summed E-state index contributed by atoms with van der Waals surface area (Å²) in [6, 6.07) is 0. The van der Waals surface area contributed by atoms with Crippen molar-refractivity contribution in [3.05, 3.63) is 6.62 Å². The van der Waals surface area contributed by atoms with Crippen LogP contribution in [-0.2, 0) is 4.79 Å². The Hall–Kier alpha value is 0.960. The van der Waals surface area contributed by atoms with Gasteiger partial charge in [0, 0.05) is 7.05 Å². The van der Waals surface area contributed by atoms with E-state index in [0.717, 1.165) is 0 Å². The Bertz CT molecular complexity index is 153. The Morgan fingerprint density at radius 2 is 2.00 bits per heavy atom. The van der Waals surface area contributed by atoms with Crippen LogP contribution in [0.5, 0.6) is 0 Å². The van der Waals surface area contributed by atoms with Crippen molar-refractivity contribution in [2.75, 3.05) is 7.05 Å². The number of rotatable bonds is 1. The van der Waals surface area contributed by atoms with Gasteiger partial charge in [-0.25, -0.2) is 0 Å². The molecular formula is C4H4ClI2NO. The van der Waals surface area contributed by atoms with Gasteiger partial charge >= 0.3 is 0 Å². The van der Waals surface area contributed by atoms with Gasteiger partial charge in [0.05, 0.1) is 3.04 Å². The van der Waals surface area contributed by atoms with Gasteiger partial charge < -0.3 is 5.32 Å². The highest BCUT2D eigenvalue weighted by atomic mass is 127. The second-order valence-corrected chi connectivity index (χ2v) is 4.33. The van der Waals surface area contributed by atoms with E-state index in [2.05, 4.69) is 5.32 Å². The highest BCUT2D eigenvalue weighted by Gasteiger charge is 2.05. The van der Waals surface area contributed by atoms with E-state index in [4.69, 9.17) is 11.6 Å². The molecule has 0 radical (unpaired) electrons. The number of likely N-dealkylation sites (N-methyl/N-ethyl adjacent to an activating group) is 1. The van der Waals surface area contributed by atoms with Gasteiger partial charge in [0.15, 0.2) is 0 Å². The summed E-state index contributed by atoms with van der Waals surface area (Å²) in [7, 11) is 1.57. The fourth-order valence-corrected chi connectivity index (χ4v) is 0.796. The average molecular weight is 371 g/mol. The standard InChI is InChI=1S/C4H4ClI2NO/c1-8-4(9)2(6)3(5)7/h1H3,(H,8,9). The summed E-state index contributed by atoms with van der Waals surface area (Å²) < 4.78 is 1.02. The Balaban J connectivity index is 4.21. The first kappa shape index (κ1) is 9.96. The minimum Gasteiger partial charge on any atom is -0.355 e. The highest BCUT2D eigenvalue weighted by molar-refractivity contribution is 14.1. The molecule has 2 nitrogen and oxygen atoms in total. The molecule has 0 saturated carbocycles. The van der Waals surface area contributed by atoms with Crippen molar-refractivity contribution >= 4 is 62.7 Å². The number of hydrogen-bond donors (Lipinski definition) is 1. The summed E-state index contributed by atoms with van der Waals surface area (Å²) in [5.41, 5.74) is 0. The molecule has 0 atom stereocenters. The summed E-state index contributed by atoms with van der Waals surface area (Å²) in [6.07, 6.45) is 0. The predicted molar refractivity (Wildman–Crippen MR) is 55.0 cm³/mol. The molecule has 5 heteroatoms. The Morgan fingerprint density at radius 1 is 1.56 bits per heavy atom. The van der Waals surface area contributed by atoms with E-state index in [0.29, 0.717) is 6.62 Å². The zero-order valence-electron chi connectivity index (χ0n) is 4.54. The summed E-state index contributed by atoms with van der Waals surface area (Å²) in [5, 5.41) is 2.45. The number of nitrogens with one attached hydrogen (secondary N) is 1. The maximum absolute atomic E-state index is 10.7. The molecule has 0 aromatic rings. The fourth-order valence-electron chi connectivity index (χ4n) is 0.196. The van der Waals surface area contributed by atoms with Gasteiger partial charge in [-0.3, -0.25) is 4.79 Å². The van der Waals surface area contributed by atoms with Crippen LogP contribution in [0.1, 0.15) is 0 Å². The lowest BCUT2D eigenvalue weighted by Crippen LogP contribution is -2.17. The van der Waals surface area contributed by atoms with Gasteiger partial charge in [-0.1, -0.05) is 11.6 Å². The van der Waals surface area contributed by atoms with E-state index < -0.39 is 0 Å². The second-order valence-electron chi connectivity index (χ2n) is 1.15. The van der Waals surface area contributed by atoms with E-state index >= 15 is 0 Å². The first-order valence-corrected chi connectivity index (χ1v) is 4.56. The summed E-state index contributed by atoms with van der Waals surface area (Å²) in [5.74, 6) is -0.144. The van der Waals surface area contributed by atoms with E-state index in [1.807, 2.05) is 45.2 Å². The average Bonchev–Trinajstić information content (AvgIpc) is 1.84. The largest absolute Gasteiger partial charge is 0.355 e. The lowest BCUT2D eigenvalue weighted by Gasteiger charge is -1.95. The van der Waals surface area contributed by atoms with E-state index in [1.165, 1.54) is 0 Å². The number of amides is 1. The zero-order valence-corrected chi connectivity index (χ0v) is 9.61. The Kier molecular flexibility index (Phi) is 5.23. The smallest absolute Gasteiger partial charge is 0.259 e. The van der Waals surface area contributed by atoms with Crippen LogP contribution in [0.15, 0.2) is 6.62 Å². The zero-order chi connectivity index (χ0) is 7.44. The van der Waals surface area contributed by atoms with Gasteiger partial charge in [0.2, 0.25) is 0 Å². The third-order valence-corrected chi connectivity index (χ3v) is 3.70. The van der Waals surface area contributed by atoms with Crippen LogP contribution in [0.3, 0.4) is 0 Å². The van der Waals surface area contributed by atoms with Crippen molar-refractivity contribution in [3.63, 3.8) is 0 Å². The van der Waals surface area contributed by atoms with Gasteiger partial charge in [0.1, 0.15) is 3.58 Å². The second kappa shape index (κ2) is 4.73. The monoisotopic (exact) mass is 371 g/mol. The van der Waals surface area contributed by atoms with Crippen LogP contribution in [0.25, 0.3) is 0 Å². The van der Waals surface area contributed by atoms with Crippen LogP contribution >= 0.6 is 56.8 Å². The molecule has 0 aromatic carbocycles. The lowest BCUT2D eigenvalue weighted by molar-refractivity contribution is -0.116. The molecule has 0 rings (SSSR count). The third kappa shape index (κ3) is 3.61. The number of carbonyl (C=O) groups excluding carboxylic acids is 1. The maximum Gasteiger partial charge on any atom is 0.259 e. The molecule has 0 spiro atoms. The maximum atomic E-state index is 10.7. The van der Waals surface area contributed by atoms with Crippen LogP contribution in [0.4, 0.5) is 0 Å². The number of hydrogen-bond acceptors (Lipinski definition) is 1. The quantitative estimate of drug-likeness (QED) is 0.555. The molecule has 0 aliphatic heterocycles. The van der Waals surface area contributed by atoms with Crippen molar-refractivity contribution in [1.29, 1.82) is 0 Å². The van der Waals surface area contributed by atoms with Crippen molar-refractivity contribution in [3.8, 4) is 0 Å². The fraction of sp³-hybridized carbons (Fsp3) is 0.250. The first-order valence-electron chi connectivity index (χ1n) is 2.02. The van der Waals surface area contributed by atoms with Crippen molar-refractivity contribution < 1.29 is 4.79 Å². The molecular weight excluding hydrogens is 367 g/mol. The molecule has 0 aliphatic carbocycles. The van der Waals surface area contributed by atoms with Crippen LogP contribution < -0.4 is 5.32 Å². The van der Waals surface area contributed by atoms with Crippen molar-refractivity contribution in [2.45, 2.75) is 0 Å². The SMILES string of the molecule is CNC(=O)C(I)=C(Cl)I. The van der Waals surface area contributed by atoms with Crippen molar-refractivity contribution in [1.82, 2.24) is 5.32 Å². The Labute approximate surface area is 85.7 Å². The molecule has 0 unspecified atom stereocenters. The molecule has 0 saturated heterocycles. The minimum absolute atomic E-state index is 0.144. The third-order valence-electron chi connectivity index (χ3n) is 0.592. The highest BCUT2D eigenvalue weighted by Crippen LogP contribution is 2.22. The van der Waals surface area contributed by atoms with Gasteiger partial charge in [-0.05, 0) is 45.2 Å². The topological polar surface area (TPSA) is 29.1 Å².